The Balaban J connectivity index is 1.37. The number of thiazole rings is 1. The van der Waals surface area contributed by atoms with Gasteiger partial charge in [0.25, 0.3) is 5.91 Å². The molecule has 1 aliphatic heterocycles. The number of unbranched alkanes of at least 4 members (excludes halogenated alkanes) is 2. The third-order valence-electron chi connectivity index (χ3n) is 5.61. The maximum atomic E-state index is 13.1. The number of nitrogens with zero attached hydrogens (tertiary/aromatic N) is 3. The molecule has 32 heavy (non-hydrogen) atoms. The molecule has 0 spiro atoms. The summed E-state index contributed by atoms with van der Waals surface area (Å²) in [4.78, 5) is 22.1. The number of ether oxygens (including phenoxy) is 2. The van der Waals surface area contributed by atoms with Crippen molar-refractivity contribution in [2.24, 2.45) is 0 Å². The van der Waals surface area contributed by atoms with Crippen molar-refractivity contribution in [3.8, 4) is 11.5 Å². The molecule has 170 valence electrons. The number of benzene rings is 2. The average molecular weight is 454 g/mol. The van der Waals surface area contributed by atoms with Gasteiger partial charge in [0.2, 0.25) is 0 Å². The van der Waals surface area contributed by atoms with Crippen LogP contribution in [0.3, 0.4) is 0 Å². The van der Waals surface area contributed by atoms with Crippen LogP contribution in [0.25, 0.3) is 10.2 Å². The van der Waals surface area contributed by atoms with Crippen LogP contribution in [0.4, 0.5) is 5.13 Å². The Labute approximate surface area is 193 Å². The normalized spacial score (nSPS) is 14.1. The first-order chi connectivity index (χ1) is 15.7. The number of hydrogen-bond donors (Lipinski definition) is 0. The SMILES string of the molecule is CCCCCOc1cccc(C(=O)N2CCN(c3nc4c(OCC)cccc4s3)CC2)c1. The van der Waals surface area contributed by atoms with Crippen LogP contribution in [-0.2, 0) is 0 Å². The Bertz CT molecular complexity index is 1040. The molecule has 3 aromatic rings. The van der Waals surface area contributed by atoms with Crippen LogP contribution in [-0.4, -0.2) is 55.2 Å². The van der Waals surface area contributed by atoms with E-state index < -0.39 is 0 Å². The number of aromatic nitrogens is 1. The first kappa shape index (κ1) is 22.4. The fourth-order valence-electron chi connectivity index (χ4n) is 3.86. The Kier molecular flexibility index (Phi) is 7.47. The number of hydrogen-bond acceptors (Lipinski definition) is 6. The molecule has 0 aliphatic carbocycles. The second kappa shape index (κ2) is 10.7. The molecule has 0 atom stereocenters. The van der Waals surface area contributed by atoms with Gasteiger partial charge in [-0.05, 0) is 43.7 Å². The van der Waals surface area contributed by atoms with Crippen LogP contribution in [0, 0.1) is 0 Å². The highest BCUT2D eigenvalue weighted by Gasteiger charge is 2.24. The Morgan fingerprint density at radius 1 is 1.03 bits per heavy atom. The monoisotopic (exact) mass is 453 g/mol. The Morgan fingerprint density at radius 3 is 2.62 bits per heavy atom. The Morgan fingerprint density at radius 2 is 1.84 bits per heavy atom. The summed E-state index contributed by atoms with van der Waals surface area (Å²) in [6, 6.07) is 13.6. The lowest BCUT2D eigenvalue weighted by molar-refractivity contribution is 0.0746. The van der Waals surface area contributed by atoms with E-state index in [1.807, 2.05) is 48.2 Å². The van der Waals surface area contributed by atoms with Gasteiger partial charge in [-0.2, -0.15) is 0 Å². The summed E-state index contributed by atoms with van der Waals surface area (Å²) in [6.45, 7) is 8.36. The van der Waals surface area contributed by atoms with E-state index in [-0.39, 0.29) is 5.91 Å². The molecule has 0 bridgehead atoms. The van der Waals surface area contributed by atoms with E-state index in [1.165, 1.54) is 6.42 Å². The fraction of sp³-hybridized carbons (Fsp3) is 0.440. The van der Waals surface area contributed by atoms with Gasteiger partial charge in [0.15, 0.2) is 5.13 Å². The van der Waals surface area contributed by atoms with Crippen molar-refractivity contribution in [1.29, 1.82) is 0 Å². The van der Waals surface area contributed by atoms with Gasteiger partial charge in [0.1, 0.15) is 17.0 Å². The van der Waals surface area contributed by atoms with Gasteiger partial charge in [0.05, 0.1) is 17.9 Å². The van der Waals surface area contributed by atoms with E-state index >= 15 is 0 Å². The zero-order valence-corrected chi connectivity index (χ0v) is 19.7. The van der Waals surface area contributed by atoms with Crippen molar-refractivity contribution in [3.05, 3.63) is 48.0 Å². The van der Waals surface area contributed by atoms with E-state index in [4.69, 9.17) is 14.5 Å². The number of piperazine rings is 1. The minimum atomic E-state index is 0.0617. The first-order valence-electron chi connectivity index (χ1n) is 11.5. The predicted octanol–water partition coefficient (Wildman–Crippen LogP) is 5.23. The van der Waals surface area contributed by atoms with Gasteiger partial charge in [-0.25, -0.2) is 4.98 Å². The highest BCUT2D eigenvalue weighted by Crippen LogP contribution is 2.34. The number of carbonyl (C=O) groups is 1. The largest absolute Gasteiger partial charge is 0.494 e. The predicted molar refractivity (Wildman–Crippen MR) is 130 cm³/mol. The zero-order chi connectivity index (χ0) is 22.3. The molecule has 1 saturated heterocycles. The molecule has 1 aliphatic rings. The number of carbonyl (C=O) groups excluding carboxylic acids is 1. The number of para-hydroxylation sites is 1. The summed E-state index contributed by atoms with van der Waals surface area (Å²) in [5.41, 5.74) is 1.61. The summed E-state index contributed by atoms with van der Waals surface area (Å²) < 4.78 is 12.7. The lowest BCUT2D eigenvalue weighted by Crippen LogP contribution is -2.48. The average Bonchev–Trinajstić information content (AvgIpc) is 3.27. The first-order valence-corrected chi connectivity index (χ1v) is 12.3. The van der Waals surface area contributed by atoms with Crippen molar-refractivity contribution in [2.45, 2.75) is 33.1 Å². The van der Waals surface area contributed by atoms with E-state index in [2.05, 4.69) is 17.9 Å². The zero-order valence-electron chi connectivity index (χ0n) is 18.9. The van der Waals surface area contributed by atoms with Gasteiger partial charge >= 0.3 is 0 Å². The molecule has 2 heterocycles. The van der Waals surface area contributed by atoms with Gasteiger partial charge in [0, 0.05) is 31.7 Å². The molecule has 1 fully saturated rings. The van der Waals surface area contributed by atoms with Crippen LogP contribution in [0.2, 0.25) is 0 Å². The van der Waals surface area contributed by atoms with Crippen LogP contribution in [0.15, 0.2) is 42.5 Å². The molecule has 1 amide bonds. The molecule has 4 rings (SSSR count). The molecular weight excluding hydrogens is 422 g/mol. The fourth-order valence-corrected chi connectivity index (χ4v) is 4.90. The van der Waals surface area contributed by atoms with Crippen molar-refractivity contribution < 1.29 is 14.3 Å². The van der Waals surface area contributed by atoms with E-state index in [0.29, 0.717) is 31.9 Å². The molecule has 1 aromatic heterocycles. The minimum absolute atomic E-state index is 0.0617. The lowest BCUT2D eigenvalue weighted by atomic mass is 10.1. The van der Waals surface area contributed by atoms with Gasteiger partial charge < -0.3 is 19.3 Å². The molecule has 6 nitrogen and oxygen atoms in total. The van der Waals surface area contributed by atoms with E-state index in [1.54, 1.807) is 11.3 Å². The summed E-state index contributed by atoms with van der Waals surface area (Å²) in [6.07, 6.45) is 3.36. The molecule has 0 saturated carbocycles. The number of rotatable bonds is 9. The third kappa shape index (κ3) is 5.15. The number of amides is 1. The van der Waals surface area contributed by atoms with Crippen molar-refractivity contribution >= 4 is 32.6 Å². The third-order valence-corrected chi connectivity index (χ3v) is 6.69. The molecule has 7 heteroatoms. The summed E-state index contributed by atoms with van der Waals surface area (Å²) in [7, 11) is 0. The van der Waals surface area contributed by atoms with Gasteiger partial charge in [-0.15, -0.1) is 0 Å². The second-order valence-corrected chi connectivity index (χ2v) is 8.90. The molecule has 0 N–H and O–H groups in total. The minimum Gasteiger partial charge on any atom is -0.494 e. The maximum absolute atomic E-state index is 13.1. The van der Waals surface area contributed by atoms with Gasteiger partial charge in [-0.3, -0.25) is 4.79 Å². The van der Waals surface area contributed by atoms with Crippen LogP contribution < -0.4 is 14.4 Å². The summed E-state index contributed by atoms with van der Waals surface area (Å²) in [5.74, 6) is 1.66. The number of anilines is 1. The standard InChI is InChI=1S/C25H31N3O3S/c1-3-5-6-17-31-20-10-7-9-19(18-20)24(29)27-13-15-28(16-14-27)25-26-23-21(30-4-2)11-8-12-22(23)32-25/h7-12,18H,3-6,13-17H2,1-2H3. The smallest absolute Gasteiger partial charge is 0.254 e. The van der Waals surface area contributed by atoms with Crippen molar-refractivity contribution in [3.63, 3.8) is 0 Å². The number of fused-ring (bicyclic) bond motifs is 1. The van der Waals surface area contributed by atoms with Crippen molar-refractivity contribution in [2.75, 3.05) is 44.3 Å². The highest BCUT2D eigenvalue weighted by molar-refractivity contribution is 7.22. The van der Waals surface area contributed by atoms with Gasteiger partial charge in [-0.1, -0.05) is 43.2 Å². The highest BCUT2D eigenvalue weighted by atomic mass is 32.1. The maximum Gasteiger partial charge on any atom is 0.254 e. The summed E-state index contributed by atoms with van der Waals surface area (Å²) in [5, 5.41) is 0.988. The quantitative estimate of drug-likeness (QED) is 0.416. The molecule has 0 radical (unpaired) electrons. The van der Waals surface area contributed by atoms with Crippen LogP contribution in [0.5, 0.6) is 11.5 Å². The molecular formula is C25H31N3O3S. The second-order valence-electron chi connectivity index (χ2n) is 7.89. The topological polar surface area (TPSA) is 54.9 Å². The Hall–Kier alpha value is -2.80. The summed E-state index contributed by atoms with van der Waals surface area (Å²) >= 11 is 1.68. The van der Waals surface area contributed by atoms with Crippen LogP contribution in [0.1, 0.15) is 43.5 Å². The van der Waals surface area contributed by atoms with E-state index in [9.17, 15) is 4.79 Å². The molecule has 2 aromatic carbocycles. The van der Waals surface area contributed by atoms with Crippen LogP contribution >= 0.6 is 11.3 Å². The lowest BCUT2D eigenvalue weighted by Gasteiger charge is -2.34. The molecule has 0 unspecified atom stereocenters. The van der Waals surface area contributed by atoms with E-state index in [0.717, 1.165) is 52.8 Å². The van der Waals surface area contributed by atoms with Crippen molar-refractivity contribution in [1.82, 2.24) is 9.88 Å².